The van der Waals surface area contributed by atoms with E-state index in [1.807, 2.05) is 48.5 Å². The number of amides is 1. The summed E-state index contributed by atoms with van der Waals surface area (Å²) >= 11 is 0. The van der Waals surface area contributed by atoms with Gasteiger partial charge >= 0.3 is 0 Å². The molecule has 0 saturated carbocycles. The highest BCUT2D eigenvalue weighted by Crippen LogP contribution is 2.34. The summed E-state index contributed by atoms with van der Waals surface area (Å²) in [5, 5.41) is 12.2. The smallest absolute Gasteiger partial charge is 0.230 e. The van der Waals surface area contributed by atoms with Crippen LogP contribution in [-0.2, 0) is 4.79 Å². The zero-order valence-corrected chi connectivity index (χ0v) is 17.2. The number of carbonyl (C=O) groups is 1. The first kappa shape index (κ1) is 19.5. The van der Waals surface area contributed by atoms with Crippen molar-refractivity contribution in [3.63, 3.8) is 0 Å². The average molecular weight is 413 g/mol. The van der Waals surface area contributed by atoms with Gasteiger partial charge in [0, 0.05) is 0 Å². The Labute approximate surface area is 186 Å². The summed E-state index contributed by atoms with van der Waals surface area (Å²) in [4.78, 5) is 17.3. The van der Waals surface area contributed by atoms with Crippen LogP contribution in [0.2, 0.25) is 0 Å². The fourth-order valence-electron chi connectivity index (χ4n) is 3.87. The number of benzene rings is 4. The predicted molar refractivity (Wildman–Crippen MR) is 128 cm³/mol. The minimum Gasteiger partial charge on any atom is -0.324 e. The zero-order chi connectivity index (χ0) is 21.9. The number of hydrogen-bond donors (Lipinski definition) is 1. The van der Waals surface area contributed by atoms with Crippen LogP contribution in [0.1, 0.15) is 17.5 Å². The Kier molecular flexibility index (Phi) is 5.07. The Bertz CT molecular complexity index is 1380. The van der Waals surface area contributed by atoms with Crippen LogP contribution in [0.15, 0.2) is 102 Å². The Balaban J connectivity index is 1.49. The quantitative estimate of drug-likeness (QED) is 0.425. The maximum absolute atomic E-state index is 12.6. The molecular weight excluding hydrogens is 394 g/mol. The first-order valence-electron chi connectivity index (χ1n) is 10.4. The molecule has 0 spiro atoms. The lowest BCUT2D eigenvalue weighted by molar-refractivity contribution is -0.115. The van der Waals surface area contributed by atoms with Crippen molar-refractivity contribution in [1.29, 1.82) is 5.26 Å². The normalized spacial score (nSPS) is 12.7. The number of fused-ring (bicyclic) bond motifs is 1. The molecule has 4 heteroatoms. The van der Waals surface area contributed by atoms with Gasteiger partial charge in [0.25, 0.3) is 0 Å². The van der Waals surface area contributed by atoms with Crippen molar-refractivity contribution < 1.29 is 4.79 Å². The van der Waals surface area contributed by atoms with E-state index in [4.69, 9.17) is 4.99 Å². The maximum Gasteiger partial charge on any atom is 0.230 e. The molecule has 0 aliphatic carbocycles. The second kappa shape index (κ2) is 8.33. The summed E-state index contributed by atoms with van der Waals surface area (Å²) in [6.45, 7) is 0. The molecule has 1 amide bonds. The second-order valence-electron chi connectivity index (χ2n) is 7.65. The first-order valence-corrected chi connectivity index (χ1v) is 10.4. The average Bonchev–Trinajstić information content (AvgIpc) is 3.02. The summed E-state index contributed by atoms with van der Waals surface area (Å²) < 4.78 is 0. The van der Waals surface area contributed by atoms with E-state index in [0.29, 0.717) is 22.6 Å². The van der Waals surface area contributed by atoms with Crippen molar-refractivity contribution >= 4 is 23.0 Å². The highest BCUT2D eigenvalue weighted by molar-refractivity contribution is 6.17. The minimum atomic E-state index is -0.124. The highest BCUT2D eigenvalue weighted by Gasteiger charge is 2.18. The third kappa shape index (κ3) is 3.92. The molecule has 4 aromatic rings. The Hall–Kier alpha value is -4.49. The minimum absolute atomic E-state index is 0.124. The third-order valence-corrected chi connectivity index (χ3v) is 5.50. The van der Waals surface area contributed by atoms with E-state index in [1.54, 1.807) is 12.1 Å². The number of carbonyl (C=O) groups excluding carboxylic acids is 1. The summed E-state index contributed by atoms with van der Waals surface area (Å²) in [6.07, 6.45) is 0.157. The van der Waals surface area contributed by atoms with Crippen molar-refractivity contribution in [1.82, 2.24) is 0 Å². The number of aliphatic imine (C=N–C) groups is 1. The molecule has 0 radical (unpaired) electrons. The van der Waals surface area contributed by atoms with Gasteiger partial charge in [0.05, 0.1) is 35.1 Å². The molecule has 4 nitrogen and oxygen atoms in total. The van der Waals surface area contributed by atoms with Crippen LogP contribution in [0.4, 0.5) is 11.4 Å². The number of hydrogen-bond acceptors (Lipinski definition) is 3. The van der Waals surface area contributed by atoms with Gasteiger partial charge in [0.15, 0.2) is 0 Å². The van der Waals surface area contributed by atoms with Gasteiger partial charge in [-0.3, -0.25) is 9.79 Å². The van der Waals surface area contributed by atoms with E-state index in [9.17, 15) is 10.1 Å². The fourth-order valence-corrected chi connectivity index (χ4v) is 3.87. The predicted octanol–water partition coefficient (Wildman–Crippen LogP) is 6.36. The van der Waals surface area contributed by atoms with Gasteiger partial charge < -0.3 is 5.32 Å². The Morgan fingerprint density at radius 1 is 0.719 bits per heavy atom. The molecule has 0 bridgehead atoms. The van der Waals surface area contributed by atoms with Crippen LogP contribution in [0.3, 0.4) is 0 Å². The maximum atomic E-state index is 12.6. The van der Waals surface area contributed by atoms with Gasteiger partial charge in [0.2, 0.25) is 5.91 Å². The largest absolute Gasteiger partial charge is 0.324 e. The standard InChI is InChI=1S/C28H19N3O/c29-18-19-5-4-8-24(15-19)26-17-28(32)31-27-16-23(13-14-25(27)30-26)22-11-9-21(10-12-22)20-6-2-1-3-7-20/h1-16H,17H2,(H,31,32). The third-order valence-electron chi connectivity index (χ3n) is 5.50. The van der Waals surface area contributed by atoms with E-state index in [2.05, 4.69) is 47.8 Å². The molecule has 152 valence electrons. The van der Waals surface area contributed by atoms with Crippen LogP contribution in [0.5, 0.6) is 0 Å². The molecule has 1 heterocycles. The lowest BCUT2D eigenvalue weighted by atomic mass is 10.00. The molecule has 5 rings (SSSR count). The molecule has 0 atom stereocenters. The van der Waals surface area contributed by atoms with Crippen LogP contribution < -0.4 is 5.32 Å². The van der Waals surface area contributed by atoms with Crippen LogP contribution in [0.25, 0.3) is 22.3 Å². The van der Waals surface area contributed by atoms with Crippen molar-refractivity contribution in [3.8, 4) is 28.3 Å². The summed E-state index contributed by atoms with van der Waals surface area (Å²) in [5.74, 6) is -0.124. The Morgan fingerprint density at radius 3 is 2.12 bits per heavy atom. The zero-order valence-electron chi connectivity index (χ0n) is 17.2. The van der Waals surface area contributed by atoms with Gasteiger partial charge in [-0.1, -0.05) is 72.8 Å². The number of nitriles is 1. The van der Waals surface area contributed by atoms with Gasteiger partial charge in [-0.15, -0.1) is 0 Å². The van der Waals surface area contributed by atoms with Gasteiger partial charge in [-0.2, -0.15) is 5.26 Å². The summed E-state index contributed by atoms with van der Waals surface area (Å²) in [7, 11) is 0. The molecule has 1 N–H and O–H groups in total. The molecule has 0 aromatic heterocycles. The second-order valence-corrected chi connectivity index (χ2v) is 7.65. The van der Waals surface area contributed by atoms with Crippen LogP contribution in [0, 0.1) is 11.3 Å². The van der Waals surface area contributed by atoms with E-state index in [-0.39, 0.29) is 12.3 Å². The van der Waals surface area contributed by atoms with Gasteiger partial charge in [-0.05, 0) is 52.1 Å². The van der Waals surface area contributed by atoms with Crippen molar-refractivity contribution in [2.24, 2.45) is 4.99 Å². The van der Waals surface area contributed by atoms with Crippen LogP contribution >= 0.6 is 0 Å². The van der Waals surface area contributed by atoms with E-state index >= 15 is 0 Å². The fraction of sp³-hybridized carbons (Fsp3) is 0.0357. The topological polar surface area (TPSA) is 65.2 Å². The summed E-state index contributed by atoms with van der Waals surface area (Å²) in [5.41, 5.74) is 7.78. The number of anilines is 1. The van der Waals surface area contributed by atoms with Gasteiger partial charge in [0.1, 0.15) is 0 Å². The molecule has 32 heavy (non-hydrogen) atoms. The van der Waals surface area contributed by atoms with Crippen molar-refractivity contribution in [2.75, 3.05) is 5.32 Å². The monoisotopic (exact) mass is 413 g/mol. The lowest BCUT2D eigenvalue weighted by Gasteiger charge is -2.09. The van der Waals surface area contributed by atoms with E-state index in [0.717, 1.165) is 22.3 Å². The number of rotatable bonds is 3. The molecule has 0 fully saturated rings. The molecule has 1 aliphatic rings. The molecule has 0 unspecified atom stereocenters. The first-order chi connectivity index (χ1) is 15.7. The molecular formula is C28H19N3O. The number of nitrogens with one attached hydrogen (secondary N) is 1. The van der Waals surface area contributed by atoms with Crippen LogP contribution in [-0.4, -0.2) is 11.6 Å². The van der Waals surface area contributed by atoms with Gasteiger partial charge in [-0.25, -0.2) is 0 Å². The van der Waals surface area contributed by atoms with Crippen molar-refractivity contribution in [2.45, 2.75) is 6.42 Å². The number of nitrogens with zero attached hydrogens (tertiary/aromatic N) is 2. The molecule has 0 saturated heterocycles. The lowest BCUT2D eigenvalue weighted by Crippen LogP contribution is -2.15. The Morgan fingerprint density at radius 2 is 1.38 bits per heavy atom. The van der Waals surface area contributed by atoms with Crippen molar-refractivity contribution in [3.05, 3.63) is 108 Å². The molecule has 4 aromatic carbocycles. The highest BCUT2D eigenvalue weighted by atomic mass is 16.1. The SMILES string of the molecule is N#Cc1cccc(C2=Nc3ccc(-c4ccc(-c5ccccc5)cc4)cc3NC(=O)C2)c1. The van der Waals surface area contributed by atoms with E-state index < -0.39 is 0 Å². The summed E-state index contributed by atoms with van der Waals surface area (Å²) in [6, 6.07) is 33.9. The molecule has 1 aliphatic heterocycles. The van der Waals surface area contributed by atoms with E-state index in [1.165, 1.54) is 5.56 Å².